The zero-order valence-electron chi connectivity index (χ0n) is 5.71. The largest absolute Gasteiger partial charge is 0.485 e. The van der Waals surface area contributed by atoms with Crippen molar-refractivity contribution in [3.8, 4) is 0 Å². The lowest BCUT2D eigenvalue weighted by Gasteiger charge is -2.05. The maximum absolute atomic E-state index is 8.07. The fourth-order valence-electron chi connectivity index (χ4n) is 0.440. The summed E-state index contributed by atoms with van der Waals surface area (Å²) in [6.45, 7) is 3.27. The summed E-state index contributed by atoms with van der Waals surface area (Å²) in [6, 6.07) is 0. The van der Waals surface area contributed by atoms with Gasteiger partial charge in [0.1, 0.15) is 0 Å². The highest BCUT2D eigenvalue weighted by Gasteiger charge is 1.97. The monoisotopic (exact) mass is 130 g/mol. The molecule has 0 heterocycles. The Morgan fingerprint density at radius 3 is 2.89 bits per heavy atom. The molecule has 1 radical (unpaired) electrons. The van der Waals surface area contributed by atoms with Crippen LogP contribution < -0.4 is 5.73 Å². The third-order valence-corrected chi connectivity index (χ3v) is 1.21. The molecule has 0 aliphatic carbocycles. The predicted molar refractivity (Wildman–Crippen MR) is 36.8 cm³/mol. The lowest BCUT2D eigenvalue weighted by atomic mass is 10.1. The number of nitrogens with two attached hydrogens (primary N) is 1. The van der Waals surface area contributed by atoms with Crippen LogP contribution in [0.3, 0.4) is 0 Å². The molecule has 0 spiro atoms. The van der Waals surface area contributed by atoms with Gasteiger partial charge in [-0.15, -0.1) is 0 Å². The van der Waals surface area contributed by atoms with E-state index in [0.29, 0.717) is 26.8 Å². The highest BCUT2D eigenvalue weighted by molar-refractivity contribution is 6.15. The zero-order valence-corrected chi connectivity index (χ0v) is 5.71. The second kappa shape index (κ2) is 6.07. The molecule has 3 nitrogen and oxygen atoms in total. The number of rotatable bonds is 5. The van der Waals surface area contributed by atoms with Gasteiger partial charge in [0.25, 0.3) is 0 Å². The second-order valence-electron chi connectivity index (χ2n) is 2.11. The Labute approximate surface area is 56.5 Å². The molecular formula is C5H13BNO2. The highest BCUT2D eigenvalue weighted by Crippen LogP contribution is 1.97. The molecule has 0 saturated carbocycles. The van der Waals surface area contributed by atoms with E-state index in [1.807, 2.05) is 6.92 Å². The predicted octanol–water partition coefficient (Wildman–Crippen LogP) is -0.486. The third kappa shape index (κ3) is 5.82. The van der Waals surface area contributed by atoms with Gasteiger partial charge in [-0.1, -0.05) is 6.92 Å². The van der Waals surface area contributed by atoms with Crippen molar-refractivity contribution in [3.63, 3.8) is 0 Å². The average Bonchev–Trinajstić information content (AvgIpc) is 1.89. The summed E-state index contributed by atoms with van der Waals surface area (Å²) in [4.78, 5) is 0. The first-order valence-corrected chi connectivity index (χ1v) is 3.08. The van der Waals surface area contributed by atoms with E-state index in [2.05, 4.69) is 4.65 Å². The van der Waals surface area contributed by atoms with Crippen LogP contribution in [0.25, 0.3) is 0 Å². The molecule has 4 heteroatoms. The van der Waals surface area contributed by atoms with Gasteiger partial charge in [0.05, 0.1) is 0 Å². The van der Waals surface area contributed by atoms with Crippen LogP contribution in [0.5, 0.6) is 0 Å². The lowest BCUT2D eigenvalue weighted by Crippen LogP contribution is -2.13. The first-order chi connectivity index (χ1) is 4.31. The van der Waals surface area contributed by atoms with Crippen LogP contribution in [0.4, 0.5) is 0 Å². The Kier molecular flexibility index (Phi) is 6.03. The zero-order chi connectivity index (χ0) is 7.11. The molecule has 0 aromatic rings. The van der Waals surface area contributed by atoms with Crippen LogP contribution in [0, 0.1) is 5.92 Å². The van der Waals surface area contributed by atoms with Crippen LogP contribution in [0.2, 0.25) is 0 Å². The maximum Gasteiger partial charge on any atom is 0.485 e. The molecule has 0 fully saturated rings. The maximum atomic E-state index is 8.07. The van der Waals surface area contributed by atoms with Crippen LogP contribution >= 0.6 is 0 Å². The van der Waals surface area contributed by atoms with Crippen LogP contribution in [0.15, 0.2) is 0 Å². The van der Waals surface area contributed by atoms with Gasteiger partial charge < -0.3 is 15.4 Å². The molecule has 9 heavy (non-hydrogen) atoms. The summed E-state index contributed by atoms with van der Waals surface area (Å²) in [7, 11) is 0.712. The van der Waals surface area contributed by atoms with Gasteiger partial charge in [-0.05, 0) is 18.9 Å². The lowest BCUT2D eigenvalue weighted by molar-refractivity contribution is 0.260. The van der Waals surface area contributed by atoms with Crippen molar-refractivity contribution in [3.05, 3.63) is 0 Å². The molecule has 0 aromatic heterocycles. The van der Waals surface area contributed by atoms with Crippen molar-refractivity contribution in [2.45, 2.75) is 13.3 Å². The quantitative estimate of drug-likeness (QED) is 0.390. The minimum Gasteiger partial charge on any atom is -0.429 e. The van der Waals surface area contributed by atoms with E-state index < -0.39 is 0 Å². The smallest absolute Gasteiger partial charge is 0.429 e. The first-order valence-electron chi connectivity index (χ1n) is 3.08. The Morgan fingerprint density at radius 2 is 2.44 bits per heavy atom. The van der Waals surface area contributed by atoms with Gasteiger partial charge >= 0.3 is 7.69 Å². The molecule has 0 aliphatic rings. The topological polar surface area (TPSA) is 55.5 Å². The minimum absolute atomic E-state index is 0.477. The molecule has 0 aromatic carbocycles. The van der Waals surface area contributed by atoms with Crippen LogP contribution in [-0.4, -0.2) is 25.9 Å². The molecule has 1 atom stereocenters. The van der Waals surface area contributed by atoms with Gasteiger partial charge in [-0.25, -0.2) is 0 Å². The minimum atomic E-state index is 0.477. The SMILES string of the molecule is C[C@H](CN)CCO[B]O. The first kappa shape index (κ1) is 8.94. The number of hydrogen-bond acceptors (Lipinski definition) is 3. The van der Waals surface area contributed by atoms with Crippen LogP contribution in [-0.2, 0) is 4.65 Å². The van der Waals surface area contributed by atoms with Crippen molar-refractivity contribution in [1.82, 2.24) is 0 Å². The molecule has 3 N–H and O–H groups in total. The molecule has 53 valence electrons. The van der Waals surface area contributed by atoms with Gasteiger partial charge in [0, 0.05) is 6.61 Å². The van der Waals surface area contributed by atoms with Gasteiger partial charge in [-0.3, -0.25) is 0 Å². The fourth-order valence-corrected chi connectivity index (χ4v) is 0.440. The standard InChI is InChI=1S/C5H13BNO2/c1-5(4-7)2-3-9-6-8/h5,8H,2-4,7H2,1H3/t5-/m0/s1. The fraction of sp³-hybridized carbons (Fsp3) is 1.00. The van der Waals surface area contributed by atoms with Gasteiger partial charge in [0.2, 0.25) is 0 Å². The van der Waals surface area contributed by atoms with E-state index in [0.717, 1.165) is 6.42 Å². The molecule has 0 bridgehead atoms. The third-order valence-electron chi connectivity index (χ3n) is 1.21. The Morgan fingerprint density at radius 1 is 1.78 bits per heavy atom. The van der Waals surface area contributed by atoms with Gasteiger partial charge in [0.15, 0.2) is 0 Å². The van der Waals surface area contributed by atoms with Crippen molar-refractivity contribution < 1.29 is 9.68 Å². The Bertz CT molecular complexity index is 62.9. The Balaban J connectivity index is 2.88. The molecular weight excluding hydrogens is 117 g/mol. The summed E-state index contributed by atoms with van der Waals surface area (Å²) in [5.41, 5.74) is 5.33. The van der Waals surface area contributed by atoms with E-state index in [1.165, 1.54) is 0 Å². The molecule has 0 saturated heterocycles. The summed E-state index contributed by atoms with van der Waals surface area (Å²) >= 11 is 0. The second-order valence-corrected chi connectivity index (χ2v) is 2.11. The van der Waals surface area contributed by atoms with E-state index in [9.17, 15) is 0 Å². The van der Waals surface area contributed by atoms with E-state index >= 15 is 0 Å². The summed E-state index contributed by atoms with van der Waals surface area (Å²) in [5.74, 6) is 0.477. The van der Waals surface area contributed by atoms with Crippen molar-refractivity contribution in [2.75, 3.05) is 13.2 Å². The van der Waals surface area contributed by atoms with E-state index in [-0.39, 0.29) is 0 Å². The molecule has 0 aliphatic heterocycles. The summed E-state index contributed by atoms with van der Waals surface area (Å²) in [6.07, 6.45) is 0.896. The average molecular weight is 130 g/mol. The van der Waals surface area contributed by atoms with Crippen molar-refractivity contribution >= 4 is 7.69 Å². The normalized spacial score (nSPS) is 13.2. The number of hydrogen-bond donors (Lipinski definition) is 2. The highest BCUT2D eigenvalue weighted by atomic mass is 16.5. The van der Waals surface area contributed by atoms with Crippen LogP contribution in [0.1, 0.15) is 13.3 Å². The van der Waals surface area contributed by atoms with Crippen molar-refractivity contribution in [1.29, 1.82) is 0 Å². The Hall–Kier alpha value is -0.0551. The van der Waals surface area contributed by atoms with E-state index in [1.54, 1.807) is 0 Å². The van der Waals surface area contributed by atoms with E-state index in [4.69, 9.17) is 10.8 Å². The summed E-state index contributed by atoms with van der Waals surface area (Å²) < 4.78 is 4.58. The van der Waals surface area contributed by atoms with Crippen molar-refractivity contribution in [2.24, 2.45) is 11.7 Å². The van der Waals surface area contributed by atoms with Gasteiger partial charge in [-0.2, -0.15) is 0 Å². The molecule has 0 unspecified atom stereocenters. The molecule has 0 amide bonds. The summed E-state index contributed by atoms with van der Waals surface area (Å²) in [5, 5.41) is 8.07. The molecule has 0 rings (SSSR count).